The van der Waals surface area contributed by atoms with E-state index in [4.69, 9.17) is 9.79 Å². The van der Waals surface area contributed by atoms with Crippen LogP contribution in [0.1, 0.15) is 41.4 Å². The number of amides is 4. The molecule has 4 amide bonds. The number of nitrogens with one attached hydrogen (secondary N) is 2. The van der Waals surface area contributed by atoms with Crippen molar-refractivity contribution in [2.24, 2.45) is 0 Å². The number of aromatic nitrogens is 2. The van der Waals surface area contributed by atoms with E-state index in [1.54, 1.807) is 24.4 Å². The third kappa shape index (κ3) is 6.33. The first-order valence-corrected chi connectivity index (χ1v) is 17.0. The largest absolute Gasteiger partial charge is 0.399 e. The van der Waals surface area contributed by atoms with Crippen molar-refractivity contribution in [3.8, 4) is 0 Å². The van der Waals surface area contributed by atoms with Crippen molar-refractivity contribution < 1.29 is 42.3 Å². The molecule has 13 nitrogen and oxygen atoms in total. The Bertz CT molecular complexity index is 1970. The molecule has 0 radical (unpaired) electrons. The Hall–Kier alpha value is -4.37. The maximum Gasteiger partial charge on any atom is 0.399 e. The predicted molar refractivity (Wildman–Crippen MR) is 168 cm³/mol. The van der Waals surface area contributed by atoms with E-state index in [0.717, 1.165) is 28.9 Å². The van der Waals surface area contributed by atoms with Gasteiger partial charge in [-0.3, -0.25) is 23.7 Å². The van der Waals surface area contributed by atoms with Crippen LogP contribution >= 0.6 is 18.9 Å². The summed E-state index contributed by atoms with van der Waals surface area (Å²) in [7, 11) is -5.80. The van der Waals surface area contributed by atoms with Crippen molar-refractivity contribution in [3.05, 3.63) is 65.4 Å². The Morgan fingerprint density at radius 3 is 2.60 bits per heavy atom. The number of halogens is 2. The van der Waals surface area contributed by atoms with Crippen molar-refractivity contribution >= 4 is 69.2 Å². The van der Waals surface area contributed by atoms with Crippen molar-refractivity contribution in [3.63, 3.8) is 0 Å². The number of thiophene rings is 1. The van der Waals surface area contributed by atoms with E-state index in [0.29, 0.717) is 41.7 Å². The molecule has 4 N–H and O–H groups in total. The van der Waals surface area contributed by atoms with E-state index in [-0.39, 0.29) is 28.8 Å². The van der Waals surface area contributed by atoms with Gasteiger partial charge in [0, 0.05) is 53.6 Å². The molecule has 0 spiro atoms. The van der Waals surface area contributed by atoms with Crippen LogP contribution in [0.15, 0.2) is 55.0 Å². The molecule has 4 aromatic rings. The first-order chi connectivity index (χ1) is 22.2. The SMILES string of the molecule is CC(=O)N1CC[C@H]2CC[C@@H](C(=O)Nc3ccc4ncncc4c3)N2C(=O)[C@@H](NC(=O)c2cc3cc(C(F)(F)P(=O)(O)O)ccc3s2)C1. The number of fused-ring (bicyclic) bond motifs is 3. The van der Waals surface area contributed by atoms with Crippen LogP contribution < -0.4 is 10.6 Å². The van der Waals surface area contributed by atoms with Crippen LogP contribution in [0.3, 0.4) is 0 Å². The van der Waals surface area contributed by atoms with E-state index >= 15 is 0 Å². The molecule has 0 saturated carbocycles. The quantitative estimate of drug-likeness (QED) is 0.221. The van der Waals surface area contributed by atoms with Gasteiger partial charge in [-0.2, -0.15) is 8.78 Å². The van der Waals surface area contributed by atoms with Gasteiger partial charge in [0.2, 0.25) is 17.7 Å². The second-order valence-electron chi connectivity index (χ2n) is 11.5. The van der Waals surface area contributed by atoms with Crippen LogP contribution in [0.25, 0.3) is 21.0 Å². The fourth-order valence-electron chi connectivity index (χ4n) is 6.05. The van der Waals surface area contributed by atoms with Gasteiger partial charge in [-0.25, -0.2) is 9.97 Å². The summed E-state index contributed by atoms with van der Waals surface area (Å²) in [4.78, 5) is 82.9. The smallest absolute Gasteiger partial charge is 0.340 e. The standard InChI is InChI=1S/C30H29F2N6O7PS/c1-16(39)37-9-8-21-4-6-24(27(40)35-20-3-5-22-18(11-20)13-33-15-34-22)38(21)29(42)23(14-37)36-28(41)26-12-17-10-19(2-7-25(17)47-26)30(31,32)46(43,44)45/h2-3,5,7,10-13,15,21,23-24H,4,6,8-9,14H2,1H3,(H,35,40)(H,36,41)(H2,43,44,45)/t21-,23+,24+/m1/s1. The summed E-state index contributed by atoms with van der Waals surface area (Å²) in [6.45, 7) is 1.51. The Morgan fingerprint density at radius 2 is 1.85 bits per heavy atom. The zero-order valence-corrected chi connectivity index (χ0v) is 26.5. The molecule has 2 saturated heterocycles. The lowest BCUT2D eigenvalue weighted by Crippen LogP contribution is -2.60. The summed E-state index contributed by atoms with van der Waals surface area (Å²) in [5, 5.41) is 6.42. The number of alkyl halides is 2. The Labute approximate surface area is 270 Å². The molecule has 6 rings (SSSR count). The Kier molecular flexibility index (Phi) is 8.55. The highest BCUT2D eigenvalue weighted by atomic mass is 32.1. The fraction of sp³-hybridized carbons (Fsp3) is 0.333. The van der Waals surface area contributed by atoms with Gasteiger partial charge in [0.05, 0.1) is 10.4 Å². The molecule has 17 heteroatoms. The average Bonchev–Trinajstić information content (AvgIpc) is 3.64. The average molecular weight is 687 g/mol. The van der Waals surface area contributed by atoms with Gasteiger partial charge in [0.15, 0.2) is 0 Å². The van der Waals surface area contributed by atoms with Crippen LogP contribution in [0.2, 0.25) is 0 Å². The van der Waals surface area contributed by atoms with Crippen LogP contribution in [0, 0.1) is 0 Å². The molecule has 246 valence electrons. The zero-order chi connectivity index (χ0) is 33.7. The molecule has 4 heterocycles. The predicted octanol–water partition coefficient (Wildman–Crippen LogP) is 3.42. The molecule has 2 aliphatic heterocycles. The van der Waals surface area contributed by atoms with Gasteiger partial charge >= 0.3 is 13.3 Å². The number of hydrogen-bond donors (Lipinski definition) is 4. The number of nitrogens with zero attached hydrogens (tertiary/aromatic N) is 4. The fourth-order valence-corrected chi connectivity index (χ4v) is 7.47. The lowest BCUT2D eigenvalue weighted by atomic mass is 10.1. The maximum atomic E-state index is 14.3. The molecular formula is C30H29F2N6O7PS. The highest BCUT2D eigenvalue weighted by molar-refractivity contribution is 7.52. The van der Waals surface area contributed by atoms with Gasteiger partial charge in [-0.1, -0.05) is 6.07 Å². The molecule has 2 fully saturated rings. The van der Waals surface area contributed by atoms with Gasteiger partial charge < -0.3 is 30.2 Å². The van der Waals surface area contributed by atoms with Gasteiger partial charge in [0.1, 0.15) is 18.4 Å². The molecule has 47 heavy (non-hydrogen) atoms. The topological polar surface area (TPSA) is 182 Å². The number of benzene rings is 2. The molecule has 2 aromatic heterocycles. The molecule has 0 bridgehead atoms. The van der Waals surface area contributed by atoms with Gasteiger partial charge in [0.25, 0.3) is 5.91 Å². The van der Waals surface area contributed by atoms with E-state index in [9.17, 15) is 32.5 Å². The lowest BCUT2D eigenvalue weighted by Gasteiger charge is -2.38. The number of carbonyl (C=O) groups excluding carboxylic acids is 4. The van der Waals surface area contributed by atoms with Crippen molar-refractivity contribution in [2.45, 2.75) is 50.0 Å². The normalized spacial score (nSPS) is 20.5. The number of anilines is 1. The first-order valence-electron chi connectivity index (χ1n) is 14.6. The summed E-state index contributed by atoms with van der Waals surface area (Å²) in [6.07, 6.45) is 4.37. The Morgan fingerprint density at radius 1 is 1.06 bits per heavy atom. The highest BCUT2D eigenvalue weighted by Crippen LogP contribution is 2.59. The van der Waals surface area contributed by atoms with E-state index in [1.807, 2.05) is 0 Å². The third-order valence-corrected chi connectivity index (χ3v) is 10.6. The first kappa shape index (κ1) is 32.6. The van der Waals surface area contributed by atoms with Crippen molar-refractivity contribution in [2.75, 3.05) is 18.4 Å². The minimum Gasteiger partial charge on any atom is -0.340 e. The molecule has 0 aliphatic carbocycles. The van der Waals surface area contributed by atoms with E-state index in [1.165, 1.54) is 35.2 Å². The second-order valence-corrected chi connectivity index (χ2v) is 14.2. The molecule has 0 unspecified atom stereocenters. The summed E-state index contributed by atoms with van der Waals surface area (Å²) in [6, 6.07) is 7.05. The minimum atomic E-state index is -5.80. The monoisotopic (exact) mass is 686 g/mol. The van der Waals surface area contributed by atoms with Crippen LogP contribution in [0.5, 0.6) is 0 Å². The maximum absolute atomic E-state index is 14.3. The van der Waals surface area contributed by atoms with Gasteiger partial charge in [-0.15, -0.1) is 11.3 Å². The number of rotatable bonds is 6. The highest BCUT2D eigenvalue weighted by Gasteiger charge is 2.50. The van der Waals surface area contributed by atoms with Gasteiger partial charge in [-0.05, 0) is 61.0 Å². The Balaban J connectivity index is 1.24. The van der Waals surface area contributed by atoms with Crippen molar-refractivity contribution in [1.29, 1.82) is 0 Å². The molecular weight excluding hydrogens is 657 g/mol. The van der Waals surface area contributed by atoms with Crippen LogP contribution in [-0.4, -0.2) is 84.4 Å². The summed E-state index contributed by atoms with van der Waals surface area (Å²) in [5.74, 6) is -1.95. The third-order valence-electron chi connectivity index (χ3n) is 8.47. The number of hydrogen-bond acceptors (Lipinski definition) is 8. The van der Waals surface area contributed by atoms with E-state index in [2.05, 4.69) is 20.6 Å². The number of carbonyl (C=O) groups is 4. The lowest BCUT2D eigenvalue weighted by molar-refractivity contribution is -0.143. The second kappa shape index (κ2) is 12.3. The minimum absolute atomic E-state index is 0.0495. The van der Waals surface area contributed by atoms with Crippen LogP contribution in [-0.2, 0) is 24.6 Å². The summed E-state index contributed by atoms with van der Waals surface area (Å²) < 4.78 is 40.4. The van der Waals surface area contributed by atoms with Crippen LogP contribution in [0.4, 0.5) is 14.5 Å². The summed E-state index contributed by atoms with van der Waals surface area (Å²) >= 11 is 0.936. The molecule has 2 aromatic carbocycles. The van der Waals surface area contributed by atoms with E-state index < -0.39 is 48.6 Å². The summed E-state index contributed by atoms with van der Waals surface area (Å²) in [5.41, 5.74) is -4.13. The van der Waals surface area contributed by atoms with Crippen molar-refractivity contribution in [1.82, 2.24) is 25.1 Å². The zero-order valence-electron chi connectivity index (χ0n) is 24.8. The molecule has 2 aliphatic rings. The molecule has 3 atom stereocenters.